The van der Waals surface area contributed by atoms with E-state index in [1.807, 2.05) is 0 Å². The molecule has 3 N–H and O–H groups in total. The zero-order valence-corrected chi connectivity index (χ0v) is 10.6. The molecule has 1 aromatic carbocycles. The van der Waals surface area contributed by atoms with Crippen LogP contribution in [-0.2, 0) is 10.0 Å². The minimum atomic E-state index is -3.63. The molecule has 0 aliphatic carbocycles. The summed E-state index contributed by atoms with van der Waals surface area (Å²) in [5.74, 6) is 0.703. The number of benzene rings is 1. The second-order valence-corrected chi connectivity index (χ2v) is 4.94. The standard InChI is InChI=1S/C10H16N2O4S/c1-15-8-3-4-9(16-2)10(7-8)17(13,14)12-6-5-11/h3-4,7,12H,5-6,11H2,1-2H3. The summed E-state index contributed by atoms with van der Waals surface area (Å²) in [4.78, 5) is 0.0350. The van der Waals surface area contributed by atoms with Crippen LogP contribution in [0.1, 0.15) is 0 Å². The van der Waals surface area contributed by atoms with E-state index in [-0.39, 0.29) is 23.7 Å². The Labute approximate surface area is 101 Å². The predicted molar refractivity (Wildman–Crippen MR) is 63.8 cm³/mol. The van der Waals surface area contributed by atoms with Crippen molar-refractivity contribution in [2.24, 2.45) is 5.73 Å². The van der Waals surface area contributed by atoms with Gasteiger partial charge in [0.25, 0.3) is 0 Å². The zero-order chi connectivity index (χ0) is 12.9. The fourth-order valence-electron chi connectivity index (χ4n) is 1.27. The second kappa shape index (κ2) is 5.85. The van der Waals surface area contributed by atoms with Crippen molar-refractivity contribution in [3.8, 4) is 11.5 Å². The van der Waals surface area contributed by atoms with Crippen LogP contribution in [0, 0.1) is 0 Å². The molecule has 0 atom stereocenters. The first-order chi connectivity index (χ1) is 8.05. The van der Waals surface area contributed by atoms with Gasteiger partial charge in [-0.3, -0.25) is 0 Å². The molecule has 0 aromatic heterocycles. The maximum Gasteiger partial charge on any atom is 0.244 e. The number of ether oxygens (including phenoxy) is 2. The average Bonchev–Trinajstić information content (AvgIpc) is 2.35. The van der Waals surface area contributed by atoms with Gasteiger partial charge in [-0.2, -0.15) is 0 Å². The van der Waals surface area contributed by atoms with Crippen LogP contribution in [0.25, 0.3) is 0 Å². The molecular formula is C10H16N2O4S. The van der Waals surface area contributed by atoms with E-state index in [1.54, 1.807) is 6.07 Å². The lowest BCUT2D eigenvalue weighted by Gasteiger charge is -2.11. The van der Waals surface area contributed by atoms with E-state index in [9.17, 15) is 8.42 Å². The molecule has 0 radical (unpaired) electrons. The molecular weight excluding hydrogens is 244 g/mol. The van der Waals surface area contributed by atoms with Gasteiger partial charge < -0.3 is 15.2 Å². The first-order valence-corrected chi connectivity index (χ1v) is 6.45. The SMILES string of the molecule is COc1ccc(OC)c(S(=O)(=O)NCCN)c1. The lowest BCUT2D eigenvalue weighted by molar-refractivity contribution is 0.392. The number of nitrogens with two attached hydrogens (primary N) is 1. The molecule has 7 heteroatoms. The smallest absolute Gasteiger partial charge is 0.244 e. The molecule has 0 amide bonds. The normalized spacial score (nSPS) is 11.2. The molecule has 0 aliphatic rings. The Bertz CT molecular complexity index is 473. The van der Waals surface area contributed by atoms with Crippen molar-refractivity contribution in [2.75, 3.05) is 27.3 Å². The van der Waals surface area contributed by atoms with Gasteiger partial charge in [-0.1, -0.05) is 0 Å². The van der Waals surface area contributed by atoms with Crippen LogP contribution in [0.4, 0.5) is 0 Å². The van der Waals surface area contributed by atoms with Crippen LogP contribution in [-0.4, -0.2) is 35.7 Å². The zero-order valence-electron chi connectivity index (χ0n) is 9.76. The fourth-order valence-corrected chi connectivity index (χ4v) is 2.49. The molecule has 0 unspecified atom stereocenters. The Balaban J connectivity index is 3.17. The molecule has 0 bridgehead atoms. The molecule has 0 spiro atoms. The van der Waals surface area contributed by atoms with Gasteiger partial charge in [0.2, 0.25) is 10.0 Å². The highest BCUT2D eigenvalue weighted by atomic mass is 32.2. The summed E-state index contributed by atoms with van der Waals surface area (Å²) in [5, 5.41) is 0. The Morgan fingerprint density at radius 1 is 1.29 bits per heavy atom. The molecule has 1 rings (SSSR count). The Morgan fingerprint density at radius 2 is 2.00 bits per heavy atom. The molecule has 6 nitrogen and oxygen atoms in total. The summed E-state index contributed by atoms with van der Waals surface area (Å²) in [5.41, 5.74) is 5.26. The van der Waals surface area contributed by atoms with Gasteiger partial charge in [-0.05, 0) is 12.1 Å². The number of rotatable bonds is 6. The van der Waals surface area contributed by atoms with E-state index >= 15 is 0 Å². The number of nitrogens with one attached hydrogen (secondary N) is 1. The fraction of sp³-hybridized carbons (Fsp3) is 0.400. The van der Waals surface area contributed by atoms with Gasteiger partial charge in [0.05, 0.1) is 14.2 Å². The van der Waals surface area contributed by atoms with E-state index in [0.717, 1.165) is 0 Å². The van der Waals surface area contributed by atoms with E-state index in [0.29, 0.717) is 5.75 Å². The summed E-state index contributed by atoms with van der Waals surface area (Å²) in [6.45, 7) is 0.397. The van der Waals surface area contributed by atoms with Gasteiger partial charge in [-0.25, -0.2) is 13.1 Å². The maximum atomic E-state index is 11.9. The summed E-state index contributed by atoms with van der Waals surface area (Å²) < 4.78 is 36.2. The lowest BCUT2D eigenvalue weighted by Crippen LogP contribution is -2.29. The number of methoxy groups -OCH3 is 2. The monoisotopic (exact) mass is 260 g/mol. The van der Waals surface area contributed by atoms with Crippen LogP contribution < -0.4 is 19.9 Å². The van der Waals surface area contributed by atoms with Crippen molar-refractivity contribution in [1.82, 2.24) is 4.72 Å². The molecule has 0 fully saturated rings. The highest BCUT2D eigenvalue weighted by molar-refractivity contribution is 7.89. The van der Waals surface area contributed by atoms with Crippen LogP contribution >= 0.6 is 0 Å². The number of sulfonamides is 1. The van der Waals surface area contributed by atoms with Gasteiger partial charge >= 0.3 is 0 Å². The van der Waals surface area contributed by atoms with Crippen molar-refractivity contribution in [3.05, 3.63) is 18.2 Å². The van der Waals surface area contributed by atoms with E-state index in [1.165, 1.54) is 26.4 Å². The summed E-state index contributed by atoms with van der Waals surface area (Å²) in [7, 11) is -0.762. The minimum absolute atomic E-state index is 0.0350. The van der Waals surface area contributed by atoms with Crippen LogP contribution in [0.2, 0.25) is 0 Å². The van der Waals surface area contributed by atoms with Gasteiger partial charge in [0.1, 0.15) is 16.4 Å². The first kappa shape index (κ1) is 13.8. The average molecular weight is 260 g/mol. The van der Waals surface area contributed by atoms with Crippen LogP contribution in [0.15, 0.2) is 23.1 Å². The van der Waals surface area contributed by atoms with Crippen LogP contribution in [0.5, 0.6) is 11.5 Å². The second-order valence-electron chi connectivity index (χ2n) is 3.20. The minimum Gasteiger partial charge on any atom is -0.497 e. The van der Waals surface area contributed by atoms with Crippen molar-refractivity contribution >= 4 is 10.0 Å². The predicted octanol–water partition coefficient (Wildman–Crippen LogP) is -0.0592. The van der Waals surface area contributed by atoms with Crippen molar-refractivity contribution in [2.45, 2.75) is 4.90 Å². The van der Waals surface area contributed by atoms with Gasteiger partial charge in [0.15, 0.2) is 0 Å². The Morgan fingerprint density at radius 3 is 2.53 bits per heavy atom. The first-order valence-electron chi connectivity index (χ1n) is 4.97. The third kappa shape index (κ3) is 3.32. The number of hydrogen-bond acceptors (Lipinski definition) is 5. The highest BCUT2D eigenvalue weighted by Gasteiger charge is 2.19. The van der Waals surface area contributed by atoms with Crippen LogP contribution in [0.3, 0.4) is 0 Å². The van der Waals surface area contributed by atoms with E-state index in [2.05, 4.69) is 4.72 Å². The van der Waals surface area contributed by atoms with Crippen molar-refractivity contribution < 1.29 is 17.9 Å². The lowest BCUT2D eigenvalue weighted by atomic mass is 10.3. The molecule has 96 valence electrons. The van der Waals surface area contributed by atoms with Gasteiger partial charge in [0, 0.05) is 19.2 Å². The topological polar surface area (TPSA) is 90.6 Å². The highest BCUT2D eigenvalue weighted by Crippen LogP contribution is 2.27. The third-order valence-electron chi connectivity index (χ3n) is 2.10. The Hall–Kier alpha value is -1.31. The quantitative estimate of drug-likeness (QED) is 0.748. The summed E-state index contributed by atoms with van der Waals surface area (Å²) in [6, 6.07) is 4.56. The van der Waals surface area contributed by atoms with E-state index in [4.69, 9.17) is 15.2 Å². The molecule has 17 heavy (non-hydrogen) atoms. The number of hydrogen-bond donors (Lipinski definition) is 2. The van der Waals surface area contributed by atoms with Gasteiger partial charge in [-0.15, -0.1) is 0 Å². The summed E-state index contributed by atoms with van der Waals surface area (Å²) in [6.07, 6.45) is 0. The molecule has 0 saturated heterocycles. The molecule has 0 saturated carbocycles. The largest absolute Gasteiger partial charge is 0.497 e. The van der Waals surface area contributed by atoms with Crippen molar-refractivity contribution in [1.29, 1.82) is 0 Å². The maximum absolute atomic E-state index is 11.9. The molecule has 0 heterocycles. The van der Waals surface area contributed by atoms with Crippen molar-refractivity contribution in [3.63, 3.8) is 0 Å². The van der Waals surface area contributed by atoms with E-state index < -0.39 is 10.0 Å². The Kier molecular flexibility index (Phi) is 4.73. The summed E-state index contributed by atoms with van der Waals surface area (Å²) >= 11 is 0. The molecule has 1 aromatic rings. The third-order valence-corrected chi connectivity index (χ3v) is 3.58. The molecule has 0 aliphatic heterocycles.